The molecule has 0 fully saturated rings. The number of carbonyl (C=O) groups is 1. The van der Waals surface area contributed by atoms with Crippen LogP contribution in [0.15, 0.2) is 24.3 Å². The number of aromatic carboxylic acids is 1. The predicted octanol–water partition coefficient (Wildman–Crippen LogP) is 2.41. The Bertz CT molecular complexity index is 605. The lowest BCUT2D eigenvalue weighted by atomic mass is 10.2. The average Bonchev–Trinajstić information content (AvgIpc) is 2.56. The summed E-state index contributed by atoms with van der Waals surface area (Å²) in [5.41, 5.74) is 0.0519. The highest BCUT2D eigenvalue weighted by molar-refractivity contribution is 9.08. The van der Waals surface area contributed by atoms with Crippen molar-refractivity contribution in [2.24, 2.45) is 0 Å². The van der Waals surface area contributed by atoms with Crippen LogP contribution in [0.1, 0.15) is 10.5 Å². The predicted molar refractivity (Wildman–Crippen MR) is 59.9 cm³/mol. The maximum atomic E-state index is 10.9. The zero-order chi connectivity index (χ0) is 11.9. The van der Waals surface area contributed by atoms with Crippen molar-refractivity contribution in [3.05, 3.63) is 40.1 Å². The van der Waals surface area contributed by atoms with Crippen LogP contribution in [0.25, 0.3) is 10.9 Å². The highest BCUT2D eigenvalue weighted by atomic mass is 79.9. The van der Waals surface area contributed by atoms with E-state index in [1.165, 1.54) is 18.2 Å². The first-order valence-corrected chi connectivity index (χ1v) is 4.91. The summed E-state index contributed by atoms with van der Waals surface area (Å²) in [5.74, 6) is -1.15. The summed E-state index contributed by atoms with van der Waals surface area (Å²) in [4.78, 5) is 21.1. The molecule has 0 aliphatic carbocycles. The third-order valence-corrected chi connectivity index (χ3v) is 2.90. The van der Waals surface area contributed by atoms with Gasteiger partial charge in [-0.05, 0) is 6.07 Å². The van der Waals surface area contributed by atoms with Crippen LogP contribution < -0.4 is 0 Å². The number of non-ortho nitro benzene ring substituents is 1. The summed E-state index contributed by atoms with van der Waals surface area (Å²) in [5, 5.41) is 20.1. The smallest absolute Gasteiger partial charge is 0.353 e. The van der Waals surface area contributed by atoms with Crippen molar-refractivity contribution in [1.29, 1.82) is 0 Å². The minimum absolute atomic E-state index is 0.0516. The van der Waals surface area contributed by atoms with Crippen molar-refractivity contribution >= 4 is 38.7 Å². The maximum Gasteiger partial charge on any atom is 0.353 e. The van der Waals surface area contributed by atoms with Crippen LogP contribution in [0, 0.1) is 10.1 Å². The second-order valence-corrected chi connectivity index (χ2v) is 3.80. The molecule has 2 rings (SSSR count). The van der Waals surface area contributed by atoms with E-state index in [-0.39, 0.29) is 16.9 Å². The van der Waals surface area contributed by atoms with E-state index in [0.717, 1.165) is 3.59 Å². The molecule has 1 heterocycles. The fraction of sp³-hybridized carbons (Fsp3) is 0. The van der Waals surface area contributed by atoms with Crippen LogP contribution in [0.4, 0.5) is 5.69 Å². The molecule has 6 nitrogen and oxygen atoms in total. The Morgan fingerprint density at radius 2 is 2.19 bits per heavy atom. The third-order valence-electron chi connectivity index (χ3n) is 2.16. The molecule has 0 atom stereocenters. The molecule has 0 amide bonds. The van der Waals surface area contributed by atoms with Gasteiger partial charge in [0.15, 0.2) is 0 Å². The Balaban J connectivity index is 2.87. The molecule has 82 valence electrons. The molecule has 0 aliphatic heterocycles. The summed E-state index contributed by atoms with van der Waals surface area (Å²) >= 11 is 3.00. The van der Waals surface area contributed by atoms with Crippen LogP contribution in [0.5, 0.6) is 0 Å². The SMILES string of the molecule is O=C(O)c1cc2cccc([N+](=O)[O-])c2n1Br. The first-order valence-electron chi connectivity index (χ1n) is 4.20. The Morgan fingerprint density at radius 1 is 1.50 bits per heavy atom. The largest absolute Gasteiger partial charge is 0.477 e. The first-order chi connectivity index (χ1) is 7.52. The summed E-state index contributed by atoms with van der Waals surface area (Å²) in [6.45, 7) is 0. The maximum absolute atomic E-state index is 10.9. The molecular formula is C9H5BrN2O4. The Hall–Kier alpha value is -1.89. The molecule has 2 aromatic rings. The number of halogens is 1. The van der Waals surface area contributed by atoms with Crippen molar-refractivity contribution in [3.63, 3.8) is 0 Å². The van der Waals surface area contributed by atoms with Crippen molar-refractivity contribution in [1.82, 2.24) is 3.59 Å². The zero-order valence-corrected chi connectivity index (χ0v) is 9.34. The van der Waals surface area contributed by atoms with Gasteiger partial charge in [0.05, 0.1) is 21.1 Å². The summed E-state index contributed by atoms with van der Waals surface area (Å²) < 4.78 is 1.13. The molecule has 0 spiro atoms. The number of nitro benzene ring substituents is 1. The fourth-order valence-corrected chi connectivity index (χ4v) is 2.14. The molecule has 7 heteroatoms. The number of benzene rings is 1. The van der Waals surface area contributed by atoms with E-state index in [4.69, 9.17) is 5.11 Å². The molecule has 16 heavy (non-hydrogen) atoms. The zero-order valence-electron chi connectivity index (χ0n) is 7.75. The van der Waals surface area contributed by atoms with E-state index >= 15 is 0 Å². The van der Waals surface area contributed by atoms with Gasteiger partial charge >= 0.3 is 5.97 Å². The lowest BCUT2D eigenvalue weighted by Gasteiger charge is -1.97. The quantitative estimate of drug-likeness (QED) is 0.678. The minimum atomic E-state index is -1.15. The number of fused-ring (bicyclic) bond motifs is 1. The topological polar surface area (TPSA) is 85.4 Å². The van der Waals surface area contributed by atoms with Crippen LogP contribution in [0.3, 0.4) is 0 Å². The highest BCUT2D eigenvalue weighted by Crippen LogP contribution is 2.30. The summed E-state index contributed by atoms with van der Waals surface area (Å²) in [7, 11) is 0. The van der Waals surface area contributed by atoms with Crippen LogP contribution in [-0.4, -0.2) is 19.6 Å². The van der Waals surface area contributed by atoms with Gasteiger partial charge in [-0.1, -0.05) is 12.1 Å². The molecule has 0 aliphatic rings. The van der Waals surface area contributed by atoms with Gasteiger partial charge in [0.2, 0.25) is 0 Å². The second-order valence-electron chi connectivity index (χ2n) is 3.09. The Labute approximate surface area is 97.6 Å². The summed E-state index contributed by atoms with van der Waals surface area (Å²) in [6.07, 6.45) is 0. The molecule has 0 saturated heterocycles. The molecule has 1 aromatic carbocycles. The van der Waals surface area contributed by atoms with Crippen LogP contribution in [-0.2, 0) is 0 Å². The van der Waals surface area contributed by atoms with Crippen LogP contribution in [0.2, 0.25) is 0 Å². The highest BCUT2D eigenvalue weighted by Gasteiger charge is 2.20. The number of nitro groups is 1. The van der Waals surface area contributed by atoms with E-state index in [2.05, 4.69) is 16.1 Å². The number of hydrogen-bond donors (Lipinski definition) is 1. The van der Waals surface area contributed by atoms with Gasteiger partial charge in [0, 0.05) is 11.5 Å². The third kappa shape index (κ3) is 1.45. The second kappa shape index (κ2) is 3.60. The number of carboxylic acid groups (broad SMARTS) is 1. The fourth-order valence-electron chi connectivity index (χ4n) is 1.50. The lowest BCUT2D eigenvalue weighted by molar-refractivity contribution is -0.383. The average molecular weight is 285 g/mol. The number of rotatable bonds is 2. The molecule has 0 saturated carbocycles. The molecule has 1 aromatic heterocycles. The Morgan fingerprint density at radius 3 is 2.75 bits per heavy atom. The van der Waals surface area contributed by atoms with Gasteiger partial charge in [0.1, 0.15) is 11.2 Å². The first kappa shape index (κ1) is 10.6. The van der Waals surface area contributed by atoms with E-state index in [0.29, 0.717) is 5.39 Å². The molecule has 0 radical (unpaired) electrons. The molecule has 0 bridgehead atoms. The van der Waals surface area contributed by atoms with E-state index < -0.39 is 10.9 Å². The van der Waals surface area contributed by atoms with Gasteiger partial charge in [-0.2, -0.15) is 0 Å². The number of aromatic nitrogens is 1. The van der Waals surface area contributed by atoms with E-state index in [9.17, 15) is 14.9 Å². The van der Waals surface area contributed by atoms with Crippen molar-refractivity contribution in [2.45, 2.75) is 0 Å². The molecular weight excluding hydrogens is 280 g/mol. The van der Waals surface area contributed by atoms with Gasteiger partial charge in [-0.3, -0.25) is 13.7 Å². The van der Waals surface area contributed by atoms with Gasteiger partial charge in [0.25, 0.3) is 5.69 Å². The van der Waals surface area contributed by atoms with Crippen LogP contribution >= 0.6 is 16.1 Å². The van der Waals surface area contributed by atoms with Gasteiger partial charge in [-0.15, -0.1) is 0 Å². The van der Waals surface area contributed by atoms with Crippen molar-refractivity contribution < 1.29 is 14.8 Å². The number of carboxylic acids is 1. The summed E-state index contributed by atoms with van der Waals surface area (Å²) in [6, 6.07) is 5.83. The van der Waals surface area contributed by atoms with Gasteiger partial charge < -0.3 is 5.11 Å². The normalized spacial score (nSPS) is 10.6. The molecule has 1 N–H and O–H groups in total. The van der Waals surface area contributed by atoms with Gasteiger partial charge in [-0.25, -0.2) is 4.79 Å². The standard InChI is InChI=1S/C9H5BrN2O4/c10-11-7(9(13)14)4-5-2-1-3-6(8(5)11)12(15)16/h1-4H,(H,13,14). The van der Waals surface area contributed by atoms with Crippen molar-refractivity contribution in [2.75, 3.05) is 0 Å². The van der Waals surface area contributed by atoms with E-state index in [1.54, 1.807) is 6.07 Å². The number of hydrogen-bond acceptors (Lipinski definition) is 3. The number of para-hydroxylation sites is 1. The molecule has 0 unspecified atom stereocenters. The minimum Gasteiger partial charge on any atom is -0.477 e. The van der Waals surface area contributed by atoms with E-state index in [1.807, 2.05) is 0 Å². The van der Waals surface area contributed by atoms with Crippen molar-refractivity contribution in [3.8, 4) is 0 Å². The monoisotopic (exact) mass is 284 g/mol. The Kier molecular flexibility index (Phi) is 2.39. The lowest BCUT2D eigenvalue weighted by Crippen LogP contribution is -2.00. The number of nitrogens with zero attached hydrogens (tertiary/aromatic N) is 2.